The van der Waals surface area contributed by atoms with Gasteiger partial charge in [-0.05, 0) is 70.2 Å². The Morgan fingerprint density at radius 2 is 1.48 bits per heavy atom. The standard InChI is InChI=1S/C22H21BrO2/c1-2-24-20-11-8-17(9-12-20)14-19-10-13-22(21(23)15-19)25-16-18-6-4-3-5-7-18/h3-13,15H,2,14,16H2,1H3. The Morgan fingerprint density at radius 1 is 0.760 bits per heavy atom. The summed E-state index contributed by atoms with van der Waals surface area (Å²) in [7, 11) is 0. The zero-order chi connectivity index (χ0) is 17.5. The second-order valence-corrected chi connectivity index (χ2v) is 6.65. The van der Waals surface area contributed by atoms with Crippen molar-refractivity contribution in [3.8, 4) is 11.5 Å². The largest absolute Gasteiger partial charge is 0.494 e. The maximum atomic E-state index is 5.91. The van der Waals surface area contributed by atoms with Crippen LogP contribution in [0.1, 0.15) is 23.6 Å². The number of hydrogen-bond acceptors (Lipinski definition) is 2. The second-order valence-electron chi connectivity index (χ2n) is 5.79. The fourth-order valence-electron chi connectivity index (χ4n) is 2.61. The van der Waals surface area contributed by atoms with Gasteiger partial charge >= 0.3 is 0 Å². The van der Waals surface area contributed by atoms with E-state index in [1.54, 1.807) is 0 Å². The Balaban J connectivity index is 1.63. The van der Waals surface area contributed by atoms with Gasteiger partial charge in [0.1, 0.15) is 18.1 Å². The Morgan fingerprint density at radius 3 is 2.16 bits per heavy atom. The first-order chi connectivity index (χ1) is 12.2. The molecule has 0 bridgehead atoms. The lowest BCUT2D eigenvalue weighted by atomic mass is 10.0. The first-order valence-corrected chi connectivity index (χ1v) is 9.21. The molecule has 0 N–H and O–H groups in total. The predicted octanol–water partition coefficient (Wildman–Crippen LogP) is 6.02. The summed E-state index contributed by atoms with van der Waals surface area (Å²) in [6.45, 7) is 3.25. The van der Waals surface area contributed by atoms with E-state index in [4.69, 9.17) is 9.47 Å². The molecule has 0 spiro atoms. The minimum atomic E-state index is 0.567. The summed E-state index contributed by atoms with van der Waals surface area (Å²) in [5, 5.41) is 0. The van der Waals surface area contributed by atoms with Gasteiger partial charge < -0.3 is 9.47 Å². The van der Waals surface area contributed by atoms with Crippen LogP contribution in [-0.4, -0.2) is 6.61 Å². The van der Waals surface area contributed by atoms with Crippen LogP contribution in [0.15, 0.2) is 77.3 Å². The van der Waals surface area contributed by atoms with Crippen LogP contribution in [0.25, 0.3) is 0 Å². The van der Waals surface area contributed by atoms with Gasteiger partial charge in [-0.15, -0.1) is 0 Å². The molecule has 0 aromatic heterocycles. The van der Waals surface area contributed by atoms with Crippen LogP contribution < -0.4 is 9.47 Å². The van der Waals surface area contributed by atoms with Gasteiger partial charge in [-0.2, -0.15) is 0 Å². The molecule has 0 radical (unpaired) electrons. The molecule has 0 unspecified atom stereocenters. The molecule has 0 atom stereocenters. The van der Waals surface area contributed by atoms with Crippen molar-refractivity contribution in [3.05, 3.63) is 94.0 Å². The van der Waals surface area contributed by atoms with Crippen LogP contribution in [-0.2, 0) is 13.0 Å². The smallest absolute Gasteiger partial charge is 0.134 e. The molecule has 128 valence electrons. The fraction of sp³-hybridized carbons (Fsp3) is 0.182. The molecule has 0 aliphatic heterocycles. The normalized spacial score (nSPS) is 10.5. The minimum Gasteiger partial charge on any atom is -0.494 e. The van der Waals surface area contributed by atoms with Gasteiger partial charge in [0, 0.05) is 0 Å². The van der Waals surface area contributed by atoms with Crippen LogP contribution >= 0.6 is 15.9 Å². The van der Waals surface area contributed by atoms with Gasteiger partial charge in [0.05, 0.1) is 11.1 Å². The van der Waals surface area contributed by atoms with E-state index < -0.39 is 0 Å². The Labute approximate surface area is 157 Å². The summed E-state index contributed by atoms with van der Waals surface area (Å²) in [6, 6.07) is 24.7. The SMILES string of the molecule is CCOc1ccc(Cc2ccc(OCc3ccccc3)c(Br)c2)cc1. The quantitative estimate of drug-likeness (QED) is 0.486. The van der Waals surface area contributed by atoms with Gasteiger partial charge in [0.15, 0.2) is 0 Å². The number of benzene rings is 3. The van der Waals surface area contributed by atoms with E-state index in [9.17, 15) is 0 Å². The summed E-state index contributed by atoms with van der Waals surface area (Å²) >= 11 is 3.62. The number of halogens is 1. The third-order valence-corrected chi connectivity index (χ3v) is 4.50. The van der Waals surface area contributed by atoms with Crippen LogP contribution in [0.4, 0.5) is 0 Å². The molecule has 0 saturated carbocycles. The Bertz CT molecular complexity index is 798. The van der Waals surface area contributed by atoms with E-state index >= 15 is 0 Å². The third-order valence-electron chi connectivity index (χ3n) is 3.88. The molecular weight excluding hydrogens is 376 g/mol. The topological polar surface area (TPSA) is 18.5 Å². The lowest BCUT2D eigenvalue weighted by molar-refractivity contribution is 0.304. The van der Waals surface area contributed by atoms with Crippen LogP contribution in [0, 0.1) is 0 Å². The molecule has 3 aromatic carbocycles. The third kappa shape index (κ3) is 5.10. The van der Waals surface area contributed by atoms with E-state index in [1.165, 1.54) is 11.1 Å². The van der Waals surface area contributed by atoms with Crippen molar-refractivity contribution in [2.75, 3.05) is 6.61 Å². The molecule has 3 heteroatoms. The van der Waals surface area contributed by atoms with Gasteiger partial charge in [-0.1, -0.05) is 48.5 Å². The molecule has 0 aliphatic carbocycles. The van der Waals surface area contributed by atoms with E-state index in [0.717, 1.165) is 28.0 Å². The van der Waals surface area contributed by atoms with Gasteiger partial charge in [0.25, 0.3) is 0 Å². The number of ether oxygens (including phenoxy) is 2. The van der Waals surface area contributed by atoms with Crippen LogP contribution in [0.5, 0.6) is 11.5 Å². The van der Waals surface area contributed by atoms with E-state index in [1.807, 2.05) is 43.3 Å². The molecule has 25 heavy (non-hydrogen) atoms. The van der Waals surface area contributed by atoms with Gasteiger partial charge in [-0.3, -0.25) is 0 Å². The Hall–Kier alpha value is -2.26. The van der Waals surface area contributed by atoms with Gasteiger partial charge in [0.2, 0.25) is 0 Å². The van der Waals surface area contributed by atoms with Crippen molar-refractivity contribution in [2.45, 2.75) is 20.0 Å². The van der Waals surface area contributed by atoms with Crippen LogP contribution in [0.2, 0.25) is 0 Å². The summed E-state index contributed by atoms with van der Waals surface area (Å²) in [6.07, 6.45) is 0.879. The number of hydrogen-bond donors (Lipinski definition) is 0. The predicted molar refractivity (Wildman–Crippen MR) is 105 cm³/mol. The molecule has 3 aromatic rings. The van der Waals surface area contributed by atoms with Gasteiger partial charge in [-0.25, -0.2) is 0 Å². The first kappa shape index (κ1) is 17.6. The highest BCUT2D eigenvalue weighted by molar-refractivity contribution is 9.10. The lowest BCUT2D eigenvalue weighted by Gasteiger charge is -2.10. The monoisotopic (exact) mass is 396 g/mol. The van der Waals surface area contributed by atoms with Crippen molar-refractivity contribution >= 4 is 15.9 Å². The highest BCUT2D eigenvalue weighted by atomic mass is 79.9. The van der Waals surface area contributed by atoms with Crippen molar-refractivity contribution in [1.29, 1.82) is 0 Å². The molecule has 0 amide bonds. The zero-order valence-electron chi connectivity index (χ0n) is 14.2. The molecule has 3 rings (SSSR count). The second kappa shape index (κ2) is 8.72. The highest BCUT2D eigenvalue weighted by Crippen LogP contribution is 2.28. The summed E-state index contributed by atoms with van der Waals surface area (Å²) in [4.78, 5) is 0. The fourth-order valence-corrected chi connectivity index (χ4v) is 3.15. The van der Waals surface area contributed by atoms with E-state index in [-0.39, 0.29) is 0 Å². The molecular formula is C22H21BrO2. The lowest BCUT2D eigenvalue weighted by Crippen LogP contribution is -1.97. The molecule has 0 fully saturated rings. The maximum absolute atomic E-state index is 5.91. The molecule has 0 aliphatic rings. The minimum absolute atomic E-state index is 0.567. The van der Waals surface area contributed by atoms with Crippen molar-refractivity contribution in [1.82, 2.24) is 0 Å². The molecule has 2 nitrogen and oxygen atoms in total. The van der Waals surface area contributed by atoms with Crippen molar-refractivity contribution < 1.29 is 9.47 Å². The van der Waals surface area contributed by atoms with E-state index in [2.05, 4.69) is 52.3 Å². The molecule has 0 heterocycles. The maximum Gasteiger partial charge on any atom is 0.134 e. The number of rotatable bonds is 7. The first-order valence-electron chi connectivity index (χ1n) is 8.41. The highest BCUT2D eigenvalue weighted by Gasteiger charge is 2.05. The summed E-state index contributed by atoms with van der Waals surface area (Å²) in [5.41, 5.74) is 3.66. The zero-order valence-corrected chi connectivity index (χ0v) is 15.8. The average Bonchev–Trinajstić information content (AvgIpc) is 2.64. The summed E-state index contributed by atoms with van der Waals surface area (Å²) < 4.78 is 12.4. The van der Waals surface area contributed by atoms with E-state index in [0.29, 0.717) is 13.2 Å². The average molecular weight is 397 g/mol. The Kier molecular flexibility index (Phi) is 6.13. The van der Waals surface area contributed by atoms with Crippen LogP contribution in [0.3, 0.4) is 0 Å². The summed E-state index contributed by atoms with van der Waals surface area (Å²) in [5.74, 6) is 1.77. The molecule has 0 saturated heterocycles. The van der Waals surface area contributed by atoms with Crippen molar-refractivity contribution in [2.24, 2.45) is 0 Å². The van der Waals surface area contributed by atoms with Crippen molar-refractivity contribution in [3.63, 3.8) is 0 Å².